The van der Waals surface area contributed by atoms with Crippen molar-refractivity contribution in [3.63, 3.8) is 0 Å². The zero-order valence-electron chi connectivity index (χ0n) is 58.2. The molecule has 7 unspecified atom stereocenters. The van der Waals surface area contributed by atoms with E-state index >= 15 is 0 Å². The number of hydrogen-bond acceptors (Lipinski definition) is 10. The number of carbonyl (C=O) groups is 2. The summed E-state index contributed by atoms with van der Waals surface area (Å²) in [7, 11) is 0. The molecule has 11 nitrogen and oxygen atoms in total. The second kappa shape index (κ2) is 66.8. The number of aliphatic hydroxyl groups is 5. The van der Waals surface area contributed by atoms with Crippen molar-refractivity contribution in [2.75, 3.05) is 19.8 Å². The van der Waals surface area contributed by atoms with E-state index in [0.717, 1.165) is 51.4 Å². The summed E-state index contributed by atoms with van der Waals surface area (Å²) in [5, 5.41) is 54.6. The molecule has 1 aliphatic heterocycles. The summed E-state index contributed by atoms with van der Waals surface area (Å²) < 4.78 is 16.8. The summed E-state index contributed by atoms with van der Waals surface area (Å²) in [6.07, 6.45) is 73.8. The van der Waals surface area contributed by atoms with Crippen LogP contribution in [-0.4, -0.2) is 100 Å². The van der Waals surface area contributed by atoms with Crippen LogP contribution < -0.4 is 5.32 Å². The lowest BCUT2D eigenvalue weighted by molar-refractivity contribution is -0.302. The first-order chi connectivity index (χ1) is 43.2. The maximum Gasteiger partial charge on any atom is 0.305 e. The molecule has 7 atom stereocenters. The third kappa shape index (κ3) is 54.9. The van der Waals surface area contributed by atoms with E-state index in [1.807, 2.05) is 6.08 Å². The number of nitrogens with one attached hydrogen (secondary N) is 1. The fourth-order valence-corrected chi connectivity index (χ4v) is 12.8. The van der Waals surface area contributed by atoms with Gasteiger partial charge in [0.15, 0.2) is 6.29 Å². The van der Waals surface area contributed by atoms with Crippen molar-refractivity contribution < 1.29 is 49.3 Å². The Morgan fingerprint density at radius 3 is 1.06 bits per heavy atom. The zero-order valence-corrected chi connectivity index (χ0v) is 58.2. The summed E-state index contributed by atoms with van der Waals surface area (Å²) in [5.41, 5.74) is 0. The zero-order chi connectivity index (χ0) is 63.7. The van der Waals surface area contributed by atoms with E-state index in [9.17, 15) is 35.1 Å². The molecule has 88 heavy (non-hydrogen) atoms. The summed E-state index contributed by atoms with van der Waals surface area (Å²) in [6, 6.07) is -0.805. The quantitative estimate of drug-likeness (QED) is 0.0195. The van der Waals surface area contributed by atoms with E-state index in [1.165, 1.54) is 327 Å². The summed E-state index contributed by atoms with van der Waals surface area (Å²) in [6.45, 7) is 4.40. The van der Waals surface area contributed by atoms with Crippen LogP contribution in [0.2, 0.25) is 0 Å². The molecule has 0 aliphatic carbocycles. The molecule has 6 N–H and O–H groups in total. The van der Waals surface area contributed by atoms with E-state index in [4.69, 9.17) is 14.2 Å². The lowest BCUT2D eigenvalue weighted by Gasteiger charge is -2.40. The van der Waals surface area contributed by atoms with Gasteiger partial charge in [-0.1, -0.05) is 373 Å². The molecule has 1 amide bonds. The smallest absolute Gasteiger partial charge is 0.305 e. The van der Waals surface area contributed by atoms with Crippen LogP contribution in [-0.2, 0) is 23.8 Å². The highest BCUT2D eigenvalue weighted by atomic mass is 16.7. The number of ether oxygens (including phenoxy) is 3. The van der Waals surface area contributed by atoms with Crippen LogP contribution in [0.3, 0.4) is 0 Å². The Bertz CT molecular complexity index is 1460. The molecule has 522 valence electrons. The first-order valence-electron chi connectivity index (χ1n) is 39.0. The highest BCUT2D eigenvalue weighted by Gasteiger charge is 2.44. The number of rotatable bonds is 70. The average Bonchev–Trinajstić information content (AvgIpc) is 3.33. The van der Waals surface area contributed by atoms with Gasteiger partial charge in [0.05, 0.1) is 32.0 Å². The van der Waals surface area contributed by atoms with Crippen molar-refractivity contribution >= 4 is 11.9 Å². The van der Waals surface area contributed by atoms with Gasteiger partial charge in [-0.3, -0.25) is 9.59 Å². The van der Waals surface area contributed by atoms with Crippen molar-refractivity contribution in [3.8, 4) is 0 Å². The number of esters is 1. The number of allylic oxidation sites excluding steroid dienone is 1. The molecule has 0 aromatic heterocycles. The Hall–Kier alpha value is -1.60. The third-order valence-corrected chi connectivity index (χ3v) is 18.9. The molecule has 0 bridgehead atoms. The normalized spacial score (nSPS) is 17.7. The van der Waals surface area contributed by atoms with E-state index < -0.39 is 49.5 Å². The first-order valence-corrected chi connectivity index (χ1v) is 39.0. The first kappa shape index (κ1) is 84.4. The van der Waals surface area contributed by atoms with Gasteiger partial charge < -0.3 is 45.1 Å². The van der Waals surface area contributed by atoms with Crippen molar-refractivity contribution in [3.05, 3.63) is 12.2 Å². The van der Waals surface area contributed by atoms with Crippen LogP contribution in [0.15, 0.2) is 12.2 Å². The van der Waals surface area contributed by atoms with Crippen LogP contribution in [0.5, 0.6) is 0 Å². The number of carbonyl (C=O) groups excluding carboxylic acids is 2. The van der Waals surface area contributed by atoms with Gasteiger partial charge in [-0.25, -0.2) is 0 Å². The van der Waals surface area contributed by atoms with Crippen LogP contribution in [0.4, 0.5) is 0 Å². The number of amides is 1. The molecule has 0 spiro atoms. The molecule has 1 saturated heterocycles. The molecule has 0 aromatic carbocycles. The maximum absolute atomic E-state index is 13.1. The minimum absolute atomic E-state index is 0.0176. The minimum atomic E-state index is -1.57. The van der Waals surface area contributed by atoms with Gasteiger partial charge in [0.25, 0.3) is 0 Å². The second-order valence-electron chi connectivity index (χ2n) is 27.4. The molecule has 0 aromatic rings. The lowest BCUT2D eigenvalue weighted by Crippen LogP contribution is -2.60. The predicted molar refractivity (Wildman–Crippen MR) is 371 cm³/mol. The summed E-state index contributed by atoms with van der Waals surface area (Å²) >= 11 is 0. The second-order valence-corrected chi connectivity index (χ2v) is 27.4. The van der Waals surface area contributed by atoms with Crippen molar-refractivity contribution in [2.45, 2.75) is 448 Å². The predicted octanol–water partition coefficient (Wildman–Crippen LogP) is 20.6. The highest BCUT2D eigenvalue weighted by Crippen LogP contribution is 2.24. The lowest BCUT2D eigenvalue weighted by atomic mass is 9.99. The Labute approximate surface area is 544 Å². The van der Waals surface area contributed by atoms with E-state index in [-0.39, 0.29) is 18.5 Å². The van der Waals surface area contributed by atoms with Crippen molar-refractivity contribution in [2.24, 2.45) is 0 Å². The van der Waals surface area contributed by atoms with Gasteiger partial charge in [0.2, 0.25) is 5.91 Å². The standard InChI is InChI=1S/C77H149NO10/c1-3-5-7-9-11-13-15-40-43-47-51-55-59-63-70(80)69(68-87-77-76(85)75(84)74(83)71(67-79)88-77)78-72(81)64-60-56-52-48-44-41-38-36-34-32-30-28-26-24-22-20-18-17-19-21-23-25-27-29-31-33-35-37-39-42-46-50-54-58-62-66-86-73(82)65-61-57-53-49-45-16-14-12-10-8-6-4-2/h59,63,69-71,74-77,79-80,83-85H,3-58,60-62,64-68H2,1-2H3,(H,78,81)/b63-59+. The van der Waals surface area contributed by atoms with Gasteiger partial charge >= 0.3 is 5.97 Å². The van der Waals surface area contributed by atoms with Gasteiger partial charge in [-0.15, -0.1) is 0 Å². The van der Waals surface area contributed by atoms with Crippen molar-refractivity contribution in [1.82, 2.24) is 5.32 Å². The topological polar surface area (TPSA) is 175 Å². The van der Waals surface area contributed by atoms with E-state index in [2.05, 4.69) is 19.2 Å². The third-order valence-electron chi connectivity index (χ3n) is 18.9. The summed E-state index contributed by atoms with van der Waals surface area (Å²) in [4.78, 5) is 25.1. The Kier molecular flexibility index (Phi) is 64.1. The average molecular weight is 1250 g/mol. The van der Waals surface area contributed by atoms with Gasteiger partial charge in [0, 0.05) is 12.8 Å². The monoisotopic (exact) mass is 1250 g/mol. The van der Waals surface area contributed by atoms with E-state index in [0.29, 0.717) is 19.4 Å². The van der Waals surface area contributed by atoms with Crippen molar-refractivity contribution in [1.29, 1.82) is 0 Å². The molecule has 0 saturated carbocycles. The number of hydrogen-bond donors (Lipinski definition) is 6. The molecule has 1 heterocycles. The van der Waals surface area contributed by atoms with Crippen LogP contribution in [0.1, 0.15) is 406 Å². The number of unbranched alkanes of at least 4 members (excludes halogenated alkanes) is 56. The van der Waals surface area contributed by atoms with Crippen LogP contribution in [0.25, 0.3) is 0 Å². The SMILES string of the molecule is CCCCCCCCCCCCC/C=C/C(O)C(COC1OC(CO)C(O)C(O)C1O)NC(=O)CCCCCCCCCCCCCCCCCCCCCCCCCCCCCCCCCCCCCOC(=O)CCCCCCCCCCCCCC. The molecular weight excluding hydrogens is 1100 g/mol. The van der Waals surface area contributed by atoms with Gasteiger partial charge in [-0.2, -0.15) is 0 Å². The molecule has 1 aliphatic rings. The van der Waals surface area contributed by atoms with E-state index in [1.54, 1.807) is 6.08 Å². The van der Waals surface area contributed by atoms with Crippen LogP contribution in [0, 0.1) is 0 Å². The fraction of sp³-hybridized carbons (Fsp3) is 0.948. The van der Waals surface area contributed by atoms with Gasteiger partial charge in [-0.05, 0) is 32.1 Å². The molecule has 0 radical (unpaired) electrons. The maximum atomic E-state index is 13.1. The Morgan fingerprint density at radius 1 is 0.409 bits per heavy atom. The fourth-order valence-electron chi connectivity index (χ4n) is 12.8. The van der Waals surface area contributed by atoms with Crippen LogP contribution >= 0.6 is 0 Å². The molecule has 1 fully saturated rings. The molecule has 11 heteroatoms. The largest absolute Gasteiger partial charge is 0.466 e. The molecular formula is C77H149NO10. The minimum Gasteiger partial charge on any atom is -0.466 e. The Morgan fingerprint density at radius 2 is 0.716 bits per heavy atom. The van der Waals surface area contributed by atoms with Gasteiger partial charge in [0.1, 0.15) is 24.4 Å². The number of aliphatic hydroxyl groups excluding tert-OH is 5. The Balaban J connectivity index is 1.90. The molecule has 1 rings (SSSR count). The highest BCUT2D eigenvalue weighted by molar-refractivity contribution is 5.76. The summed E-state index contributed by atoms with van der Waals surface area (Å²) in [5.74, 6) is -0.156.